The van der Waals surface area contributed by atoms with E-state index in [4.69, 9.17) is 9.47 Å². The van der Waals surface area contributed by atoms with Gasteiger partial charge >= 0.3 is 12.1 Å². The number of nitrogens with one attached hydrogen (secondary N) is 2. The molecule has 0 fully saturated rings. The van der Waals surface area contributed by atoms with Crippen LogP contribution < -0.4 is 20.1 Å². The van der Waals surface area contributed by atoms with Crippen LogP contribution >= 0.6 is 11.3 Å². The number of ketones is 1. The fraction of sp³-hybridized carbons (Fsp3) is 0.222. The number of anilines is 1. The summed E-state index contributed by atoms with van der Waals surface area (Å²) in [7, 11) is 2.94. The lowest BCUT2D eigenvalue weighted by molar-refractivity contribution is -0.174. The third kappa shape index (κ3) is 3.81. The molecule has 1 aromatic heterocycles. The summed E-state index contributed by atoms with van der Waals surface area (Å²) < 4.78 is 48.4. The first-order chi connectivity index (χ1) is 13.2. The number of alkyl halides is 3. The molecule has 0 saturated carbocycles. The number of carbonyl (C=O) groups excluding carboxylic acids is 2. The number of ether oxygens (including phenoxy) is 2. The second-order valence-electron chi connectivity index (χ2n) is 5.78. The van der Waals surface area contributed by atoms with Gasteiger partial charge in [-0.1, -0.05) is 0 Å². The van der Waals surface area contributed by atoms with Crippen LogP contribution in [0.15, 0.2) is 41.4 Å². The molecule has 2 aromatic rings. The Hall–Kier alpha value is -3.01. The number of hydrogen-bond donors (Lipinski definition) is 2. The van der Waals surface area contributed by atoms with Crippen LogP contribution in [0.5, 0.6) is 11.5 Å². The molecule has 1 aromatic carbocycles. The van der Waals surface area contributed by atoms with Gasteiger partial charge in [0.25, 0.3) is 0 Å². The number of carbonyl (C=O) groups is 2. The van der Waals surface area contributed by atoms with Crippen molar-refractivity contribution in [2.24, 2.45) is 0 Å². The molecule has 1 unspecified atom stereocenters. The highest BCUT2D eigenvalue weighted by atomic mass is 32.1. The molecule has 6 nitrogen and oxygen atoms in total. The van der Waals surface area contributed by atoms with Gasteiger partial charge in [-0.05, 0) is 11.4 Å². The Morgan fingerprint density at radius 3 is 2.39 bits per heavy atom. The van der Waals surface area contributed by atoms with E-state index in [-0.39, 0.29) is 5.57 Å². The van der Waals surface area contributed by atoms with Crippen molar-refractivity contribution in [3.8, 4) is 11.5 Å². The summed E-state index contributed by atoms with van der Waals surface area (Å²) in [6.45, 7) is 0. The number of benzene rings is 1. The van der Waals surface area contributed by atoms with Crippen molar-refractivity contribution in [3.05, 3.63) is 51.9 Å². The fourth-order valence-corrected chi connectivity index (χ4v) is 3.63. The standard InChI is InChI=1S/C18H15F3N2O4S/c1-26-10-5-9(6-11(7-10)27-2)22-8-13-14(23-17(25)18(19,20)21)12-3-4-28-16(12)15(13)24/h3-8,14,22H,1-2H3,(H,23,25)/b13-8-. The zero-order chi connectivity index (χ0) is 20.5. The Morgan fingerprint density at radius 2 is 1.82 bits per heavy atom. The maximum Gasteiger partial charge on any atom is 0.471 e. The van der Waals surface area contributed by atoms with Gasteiger partial charge in [0.1, 0.15) is 11.5 Å². The molecule has 28 heavy (non-hydrogen) atoms. The minimum Gasteiger partial charge on any atom is -0.497 e. The predicted octanol–water partition coefficient (Wildman–Crippen LogP) is 3.68. The van der Waals surface area contributed by atoms with Gasteiger partial charge in [-0.3, -0.25) is 9.59 Å². The number of methoxy groups -OCH3 is 2. The van der Waals surface area contributed by atoms with Crippen molar-refractivity contribution >= 4 is 28.7 Å². The van der Waals surface area contributed by atoms with Crippen LogP contribution in [0.1, 0.15) is 21.3 Å². The van der Waals surface area contributed by atoms with Crippen molar-refractivity contribution in [2.75, 3.05) is 19.5 Å². The molecule has 1 atom stereocenters. The fourth-order valence-electron chi connectivity index (χ4n) is 2.73. The predicted molar refractivity (Wildman–Crippen MR) is 96.8 cm³/mol. The van der Waals surface area contributed by atoms with E-state index in [9.17, 15) is 22.8 Å². The average molecular weight is 412 g/mol. The number of hydrogen-bond acceptors (Lipinski definition) is 6. The van der Waals surface area contributed by atoms with Gasteiger partial charge in [-0.15, -0.1) is 11.3 Å². The van der Waals surface area contributed by atoms with Crippen molar-refractivity contribution < 1.29 is 32.2 Å². The molecule has 10 heteroatoms. The molecule has 3 rings (SSSR count). The largest absolute Gasteiger partial charge is 0.497 e. The molecule has 0 radical (unpaired) electrons. The quantitative estimate of drug-likeness (QED) is 0.733. The zero-order valence-corrected chi connectivity index (χ0v) is 15.5. The summed E-state index contributed by atoms with van der Waals surface area (Å²) >= 11 is 1.11. The van der Waals surface area contributed by atoms with E-state index in [2.05, 4.69) is 5.32 Å². The Bertz CT molecular complexity index is 930. The van der Waals surface area contributed by atoms with Gasteiger partial charge in [0.05, 0.1) is 25.1 Å². The lowest BCUT2D eigenvalue weighted by Gasteiger charge is -2.16. The molecule has 1 aliphatic rings. The minimum absolute atomic E-state index is 0.00115. The zero-order valence-electron chi connectivity index (χ0n) is 14.7. The van der Waals surface area contributed by atoms with Gasteiger partial charge in [-0.25, -0.2) is 0 Å². The normalized spacial score (nSPS) is 17.4. The lowest BCUT2D eigenvalue weighted by Crippen LogP contribution is -2.39. The molecule has 0 aliphatic heterocycles. The molecule has 0 bridgehead atoms. The van der Waals surface area contributed by atoms with Crippen LogP contribution in [0.25, 0.3) is 0 Å². The Balaban J connectivity index is 1.91. The van der Waals surface area contributed by atoms with Gasteiger partial charge in [0.2, 0.25) is 5.78 Å². The van der Waals surface area contributed by atoms with Crippen molar-refractivity contribution in [3.63, 3.8) is 0 Å². The average Bonchev–Trinajstić information content (AvgIpc) is 3.22. The molecular weight excluding hydrogens is 397 g/mol. The van der Waals surface area contributed by atoms with Crippen LogP contribution in [0.3, 0.4) is 0 Å². The van der Waals surface area contributed by atoms with Gasteiger partial charge in [-0.2, -0.15) is 13.2 Å². The highest BCUT2D eigenvalue weighted by Gasteiger charge is 2.44. The van der Waals surface area contributed by atoms with Crippen LogP contribution in [0.2, 0.25) is 0 Å². The van der Waals surface area contributed by atoms with E-state index in [0.29, 0.717) is 27.6 Å². The number of halogens is 3. The summed E-state index contributed by atoms with van der Waals surface area (Å²) in [5.74, 6) is -1.59. The molecule has 1 heterocycles. The SMILES string of the molecule is COc1cc(N/C=C2\C(=O)c3sccc3C2NC(=O)C(F)(F)F)cc(OC)c1. The highest BCUT2D eigenvalue weighted by molar-refractivity contribution is 7.12. The third-order valence-electron chi connectivity index (χ3n) is 4.06. The van der Waals surface area contributed by atoms with Crippen molar-refractivity contribution in [2.45, 2.75) is 12.2 Å². The monoisotopic (exact) mass is 412 g/mol. The van der Waals surface area contributed by atoms with Crippen LogP contribution in [-0.4, -0.2) is 32.1 Å². The number of fused-ring (bicyclic) bond motifs is 1. The first kappa shape index (κ1) is 19.7. The first-order valence-electron chi connectivity index (χ1n) is 7.94. The van der Waals surface area contributed by atoms with E-state index in [0.717, 1.165) is 11.3 Å². The topological polar surface area (TPSA) is 76.7 Å². The second kappa shape index (κ2) is 7.55. The summed E-state index contributed by atoms with van der Waals surface area (Å²) in [4.78, 5) is 24.3. The Labute approximate surface area is 161 Å². The molecular formula is C18H15F3N2O4S. The van der Waals surface area contributed by atoms with Gasteiger partial charge < -0.3 is 20.1 Å². The summed E-state index contributed by atoms with van der Waals surface area (Å²) in [6.07, 6.45) is -3.77. The first-order valence-corrected chi connectivity index (χ1v) is 8.82. The van der Waals surface area contributed by atoms with Crippen LogP contribution in [-0.2, 0) is 4.79 Å². The van der Waals surface area contributed by atoms with E-state index >= 15 is 0 Å². The number of rotatable bonds is 5. The minimum atomic E-state index is -5.06. The molecule has 2 N–H and O–H groups in total. The number of amides is 1. The van der Waals surface area contributed by atoms with E-state index < -0.39 is 23.9 Å². The number of Topliss-reactive ketones (excluding diaryl/α,β-unsaturated/α-hetero) is 1. The van der Waals surface area contributed by atoms with Crippen molar-refractivity contribution in [1.29, 1.82) is 0 Å². The summed E-state index contributed by atoms with van der Waals surface area (Å²) in [5.41, 5.74) is 0.831. The lowest BCUT2D eigenvalue weighted by atomic mass is 10.1. The van der Waals surface area contributed by atoms with E-state index in [1.165, 1.54) is 26.5 Å². The molecule has 148 valence electrons. The van der Waals surface area contributed by atoms with Crippen LogP contribution in [0.4, 0.5) is 18.9 Å². The van der Waals surface area contributed by atoms with Crippen molar-refractivity contribution in [1.82, 2.24) is 5.32 Å². The maximum absolute atomic E-state index is 12.7. The van der Waals surface area contributed by atoms with E-state index in [1.54, 1.807) is 23.6 Å². The third-order valence-corrected chi connectivity index (χ3v) is 4.99. The Kier molecular flexibility index (Phi) is 5.32. The van der Waals surface area contributed by atoms with Gasteiger partial charge in [0, 0.05) is 41.2 Å². The highest BCUT2D eigenvalue weighted by Crippen LogP contribution is 2.39. The Morgan fingerprint density at radius 1 is 1.18 bits per heavy atom. The number of thiophene rings is 1. The summed E-state index contributed by atoms with van der Waals surface area (Å²) in [5, 5.41) is 6.34. The molecule has 0 spiro atoms. The molecule has 1 amide bonds. The second-order valence-corrected chi connectivity index (χ2v) is 6.70. The van der Waals surface area contributed by atoms with Crippen LogP contribution in [0, 0.1) is 0 Å². The van der Waals surface area contributed by atoms with Gasteiger partial charge in [0.15, 0.2) is 0 Å². The molecule has 0 saturated heterocycles. The smallest absolute Gasteiger partial charge is 0.471 e. The molecule has 1 aliphatic carbocycles. The maximum atomic E-state index is 12.7. The summed E-state index contributed by atoms with van der Waals surface area (Å²) in [6, 6.07) is 5.22. The van der Waals surface area contributed by atoms with E-state index in [1.807, 2.05) is 5.32 Å².